The molecule has 1 fully saturated rings. The third kappa shape index (κ3) is 4.40. The molecule has 1 aromatic heterocycles. The fraction of sp³-hybridized carbons (Fsp3) is 0.364. The second-order valence-corrected chi connectivity index (χ2v) is 7.30. The van der Waals surface area contributed by atoms with Gasteiger partial charge in [0.15, 0.2) is 0 Å². The highest BCUT2D eigenvalue weighted by Gasteiger charge is 2.26. The number of hydrogen-bond donors (Lipinski definition) is 0. The Morgan fingerprint density at radius 3 is 2.11 bits per heavy atom. The Morgan fingerprint density at radius 1 is 0.889 bits per heavy atom. The molecule has 4 rings (SSSR count). The number of piperidine rings is 1. The Labute approximate surface area is 167 Å². The Balaban J connectivity index is 0.00000210. The van der Waals surface area contributed by atoms with E-state index in [1.54, 1.807) is 0 Å². The van der Waals surface area contributed by atoms with Gasteiger partial charge in [0.1, 0.15) is 0 Å². The first-order chi connectivity index (χ1) is 12.7. The molecule has 5 heteroatoms. The van der Waals surface area contributed by atoms with Crippen molar-refractivity contribution in [3.05, 3.63) is 60.5 Å². The lowest BCUT2D eigenvalue weighted by atomic mass is 9.96. The van der Waals surface area contributed by atoms with Gasteiger partial charge < -0.3 is 9.42 Å². The molecule has 2 heterocycles. The van der Waals surface area contributed by atoms with Crippen molar-refractivity contribution in [2.75, 3.05) is 13.1 Å². The van der Waals surface area contributed by atoms with E-state index in [0.29, 0.717) is 17.8 Å². The summed E-state index contributed by atoms with van der Waals surface area (Å²) in [6.07, 6.45) is 2.18. The highest BCUT2D eigenvalue weighted by atomic mass is 35.5. The molecule has 0 unspecified atom stereocenters. The van der Waals surface area contributed by atoms with E-state index in [1.807, 2.05) is 6.07 Å². The molecule has 142 valence electrons. The first-order valence-electron chi connectivity index (χ1n) is 9.44. The van der Waals surface area contributed by atoms with E-state index in [2.05, 4.69) is 77.4 Å². The summed E-state index contributed by atoms with van der Waals surface area (Å²) < 4.78 is 5.59. The van der Waals surface area contributed by atoms with Crippen LogP contribution in [-0.4, -0.2) is 34.2 Å². The van der Waals surface area contributed by atoms with E-state index in [0.717, 1.165) is 37.4 Å². The summed E-state index contributed by atoms with van der Waals surface area (Å²) in [7, 11) is 0. The lowest BCUT2D eigenvalue weighted by Crippen LogP contribution is -2.37. The number of nitrogens with zero attached hydrogens (tertiary/aromatic N) is 3. The van der Waals surface area contributed by atoms with E-state index in [4.69, 9.17) is 4.52 Å². The van der Waals surface area contributed by atoms with Crippen molar-refractivity contribution in [2.24, 2.45) is 0 Å². The van der Waals surface area contributed by atoms with Crippen LogP contribution < -0.4 is 0 Å². The molecule has 0 aliphatic carbocycles. The Bertz CT molecular complexity index is 838. The highest BCUT2D eigenvalue weighted by molar-refractivity contribution is 5.85. The lowest BCUT2D eigenvalue weighted by molar-refractivity contribution is 0.160. The number of benzene rings is 2. The molecule has 0 bridgehead atoms. The topological polar surface area (TPSA) is 42.2 Å². The van der Waals surface area contributed by atoms with Gasteiger partial charge in [0.05, 0.1) is 0 Å². The molecule has 3 aromatic rings. The third-order valence-electron chi connectivity index (χ3n) is 5.30. The van der Waals surface area contributed by atoms with Gasteiger partial charge in [-0.2, -0.15) is 4.98 Å². The zero-order valence-electron chi connectivity index (χ0n) is 15.8. The van der Waals surface area contributed by atoms with Crippen LogP contribution in [0.1, 0.15) is 38.5 Å². The maximum absolute atomic E-state index is 5.59. The summed E-state index contributed by atoms with van der Waals surface area (Å²) >= 11 is 0. The van der Waals surface area contributed by atoms with E-state index in [-0.39, 0.29) is 12.4 Å². The predicted molar refractivity (Wildman–Crippen MR) is 111 cm³/mol. The Morgan fingerprint density at radius 2 is 1.48 bits per heavy atom. The average molecular weight is 384 g/mol. The molecule has 1 saturated heterocycles. The zero-order valence-corrected chi connectivity index (χ0v) is 16.7. The zero-order chi connectivity index (χ0) is 17.9. The van der Waals surface area contributed by atoms with Gasteiger partial charge in [-0.05, 0) is 50.9 Å². The van der Waals surface area contributed by atoms with Crippen LogP contribution in [0.5, 0.6) is 0 Å². The van der Waals surface area contributed by atoms with Gasteiger partial charge in [-0.15, -0.1) is 12.4 Å². The molecule has 0 N–H and O–H groups in total. The van der Waals surface area contributed by atoms with E-state index in [9.17, 15) is 0 Å². The van der Waals surface area contributed by atoms with Crippen LogP contribution in [0.3, 0.4) is 0 Å². The van der Waals surface area contributed by atoms with Crippen LogP contribution in [0.2, 0.25) is 0 Å². The van der Waals surface area contributed by atoms with Crippen molar-refractivity contribution in [1.82, 2.24) is 15.0 Å². The molecular weight excluding hydrogens is 358 g/mol. The summed E-state index contributed by atoms with van der Waals surface area (Å²) in [5.74, 6) is 1.86. The van der Waals surface area contributed by atoms with E-state index >= 15 is 0 Å². The molecule has 0 amide bonds. The van der Waals surface area contributed by atoms with Crippen LogP contribution in [0.15, 0.2) is 59.1 Å². The van der Waals surface area contributed by atoms with Crippen LogP contribution >= 0.6 is 12.4 Å². The SMILES string of the molecule is CC(C)N1CCC(c2nc(-c3ccc(-c4ccccc4)cc3)no2)CC1.Cl. The van der Waals surface area contributed by atoms with Gasteiger partial charge in [-0.1, -0.05) is 59.8 Å². The molecule has 4 nitrogen and oxygen atoms in total. The molecule has 0 radical (unpaired) electrons. The smallest absolute Gasteiger partial charge is 0.230 e. The summed E-state index contributed by atoms with van der Waals surface area (Å²) in [6, 6.07) is 19.3. The maximum atomic E-state index is 5.59. The third-order valence-corrected chi connectivity index (χ3v) is 5.30. The van der Waals surface area contributed by atoms with Crippen molar-refractivity contribution in [2.45, 2.75) is 38.6 Å². The van der Waals surface area contributed by atoms with Crippen molar-refractivity contribution in [3.8, 4) is 22.5 Å². The Kier molecular flexibility index (Phi) is 6.30. The highest BCUT2D eigenvalue weighted by Crippen LogP contribution is 2.30. The van der Waals surface area contributed by atoms with E-state index in [1.165, 1.54) is 11.1 Å². The normalized spacial score (nSPS) is 15.7. The van der Waals surface area contributed by atoms with E-state index < -0.39 is 0 Å². The molecule has 1 aliphatic heterocycles. The molecular formula is C22H26ClN3O. The van der Waals surface area contributed by atoms with Gasteiger partial charge in [-0.25, -0.2) is 0 Å². The first-order valence-corrected chi connectivity index (χ1v) is 9.44. The largest absolute Gasteiger partial charge is 0.339 e. The minimum absolute atomic E-state index is 0. The summed E-state index contributed by atoms with van der Waals surface area (Å²) in [4.78, 5) is 7.19. The minimum Gasteiger partial charge on any atom is -0.339 e. The fourth-order valence-electron chi connectivity index (χ4n) is 3.62. The van der Waals surface area contributed by atoms with Crippen molar-refractivity contribution < 1.29 is 4.52 Å². The molecule has 1 aliphatic rings. The van der Waals surface area contributed by atoms with Gasteiger partial charge in [0.2, 0.25) is 11.7 Å². The second kappa shape index (κ2) is 8.68. The van der Waals surface area contributed by atoms with Crippen LogP contribution in [0.25, 0.3) is 22.5 Å². The van der Waals surface area contributed by atoms with Gasteiger partial charge >= 0.3 is 0 Å². The molecule has 0 saturated carbocycles. The monoisotopic (exact) mass is 383 g/mol. The quantitative estimate of drug-likeness (QED) is 0.603. The van der Waals surface area contributed by atoms with Gasteiger partial charge in [-0.3, -0.25) is 0 Å². The van der Waals surface area contributed by atoms with Crippen LogP contribution in [0, 0.1) is 0 Å². The summed E-state index contributed by atoms with van der Waals surface area (Å²) in [6.45, 7) is 6.71. The van der Waals surface area contributed by atoms with Crippen LogP contribution in [0.4, 0.5) is 0 Å². The number of likely N-dealkylation sites (tertiary alicyclic amines) is 1. The van der Waals surface area contributed by atoms with Crippen molar-refractivity contribution >= 4 is 12.4 Å². The fourth-order valence-corrected chi connectivity index (χ4v) is 3.62. The van der Waals surface area contributed by atoms with Crippen molar-refractivity contribution in [1.29, 1.82) is 0 Å². The van der Waals surface area contributed by atoms with Crippen molar-refractivity contribution in [3.63, 3.8) is 0 Å². The summed E-state index contributed by atoms with van der Waals surface area (Å²) in [5, 5.41) is 4.22. The lowest BCUT2D eigenvalue weighted by Gasteiger charge is -2.33. The number of aromatic nitrogens is 2. The minimum atomic E-state index is 0. The molecule has 27 heavy (non-hydrogen) atoms. The van der Waals surface area contributed by atoms with Crippen LogP contribution in [-0.2, 0) is 0 Å². The Hall–Kier alpha value is -2.17. The number of halogens is 1. The predicted octanol–water partition coefficient (Wildman–Crippen LogP) is 5.41. The molecule has 2 aromatic carbocycles. The first kappa shape index (κ1) is 19.6. The molecule has 0 spiro atoms. The summed E-state index contributed by atoms with van der Waals surface area (Å²) in [5.41, 5.74) is 3.41. The average Bonchev–Trinajstić information content (AvgIpc) is 3.19. The number of hydrogen-bond acceptors (Lipinski definition) is 4. The maximum Gasteiger partial charge on any atom is 0.230 e. The number of rotatable bonds is 4. The second-order valence-electron chi connectivity index (χ2n) is 7.30. The molecule has 0 atom stereocenters. The standard InChI is InChI=1S/C22H25N3O.ClH/c1-16(2)25-14-12-20(13-15-25)22-23-21(24-26-22)19-10-8-18(9-11-19)17-6-4-3-5-7-17;/h3-11,16,20H,12-15H2,1-2H3;1H. The van der Waals surface area contributed by atoms with Gasteiger partial charge in [0, 0.05) is 17.5 Å². The van der Waals surface area contributed by atoms with Gasteiger partial charge in [0.25, 0.3) is 0 Å².